The number of benzene rings is 1. The summed E-state index contributed by atoms with van der Waals surface area (Å²) in [7, 11) is 0. The van der Waals surface area contributed by atoms with Crippen LogP contribution in [0.25, 0.3) is 11.1 Å². The van der Waals surface area contributed by atoms with Gasteiger partial charge in [0.1, 0.15) is 11.4 Å². The lowest BCUT2D eigenvalue weighted by Gasteiger charge is -2.36. The summed E-state index contributed by atoms with van der Waals surface area (Å²) in [6.07, 6.45) is -5.48. The van der Waals surface area contributed by atoms with Crippen molar-refractivity contribution in [1.82, 2.24) is 19.7 Å². The summed E-state index contributed by atoms with van der Waals surface area (Å²) >= 11 is 6.37. The van der Waals surface area contributed by atoms with Gasteiger partial charge in [0.2, 0.25) is 0 Å². The number of esters is 1. The monoisotopic (exact) mass is 644 g/mol. The summed E-state index contributed by atoms with van der Waals surface area (Å²) in [6, 6.07) is 8.29. The molecule has 8 nitrogen and oxygen atoms in total. The van der Waals surface area contributed by atoms with Gasteiger partial charge in [-0.3, -0.25) is 9.58 Å². The molecular formula is C29H31ClF6N6O2. The van der Waals surface area contributed by atoms with Gasteiger partial charge in [-0.25, -0.2) is 9.78 Å². The average Bonchev–Trinajstić information content (AvgIpc) is 3.44. The first kappa shape index (κ1) is 31.9. The zero-order valence-corrected chi connectivity index (χ0v) is 24.6. The number of hydrogen-bond acceptors (Lipinski definition) is 7. The number of piperidine rings is 1. The Morgan fingerprint density at radius 1 is 1.00 bits per heavy atom. The molecule has 0 amide bonds. The van der Waals surface area contributed by atoms with Gasteiger partial charge < -0.3 is 14.5 Å². The highest BCUT2D eigenvalue weighted by atomic mass is 35.5. The third kappa shape index (κ3) is 7.23. The molecular weight excluding hydrogens is 614 g/mol. The Kier molecular flexibility index (Phi) is 9.30. The Morgan fingerprint density at radius 2 is 1.75 bits per heavy atom. The second-order valence-corrected chi connectivity index (χ2v) is 11.2. The van der Waals surface area contributed by atoms with Crippen LogP contribution in [0.15, 0.2) is 42.7 Å². The van der Waals surface area contributed by atoms with Crippen LogP contribution in [0.3, 0.4) is 0 Å². The molecule has 44 heavy (non-hydrogen) atoms. The predicted octanol–water partition coefficient (Wildman–Crippen LogP) is 6.32. The Bertz CT molecular complexity index is 1450. The number of aromatic nitrogens is 3. The van der Waals surface area contributed by atoms with Gasteiger partial charge in [-0.15, -0.1) is 0 Å². The van der Waals surface area contributed by atoms with E-state index in [1.807, 2.05) is 28.0 Å². The van der Waals surface area contributed by atoms with Crippen LogP contribution in [-0.2, 0) is 10.9 Å². The summed E-state index contributed by atoms with van der Waals surface area (Å²) in [5, 5.41) is 4.43. The Morgan fingerprint density at radius 3 is 2.39 bits per heavy atom. The third-order valence-electron chi connectivity index (χ3n) is 7.76. The highest BCUT2D eigenvalue weighted by Crippen LogP contribution is 2.39. The van der Waals surface area contributed by atoms with E-state index in [0.717, 1.165) is 22.0 Å². The second-order valence-electron chi connectivity index (χ2n) is 10.8. The van der Waals surface area contributed by atoms with E-state index in [2.05, 4.69) is 10.1 Å². The molecule has 1 unspecified atom stereocenters. The molecule has 5 rings (SSSR count). The SMILES string of the molecule is CCOC(=O)c1cnn(C2CCCN(c3cc(Cl)ccc3-c3ccc(N4CCN(CC(F)(F)F)CC4)nc3)C2)c1C(F)(F)F. The van der Waals surface area contributed by atoms with Crippen molar-refractivity contribution in [2.75, 3.05) is 62.2 Å². The zero-order chi connectivity index (χ0) is 31.6. The number of ether oxygens (including phenoxy) is 1. The molecule has 2 aliphatic rings. The number of rotatable bonds is 7. The van der Waals surface area contributed by atoms with Crippen molar-refractivity contribution in [3.05, 3.63) is 59.0 Å². The van der Waals surface area contributed by atoms with Crippen molar-refractivity contribution in [1.29, 1.82) is 0 Å². The summed E-state index contributed by atoms with van der Waals surface area (Å²) in [6.45, 7) is 2.63. The first-order valence-corrected chi connectivity index (χ1v) is 14.6. The van der Waals surface area contributed by atoms with Crippen LogP contribution >= 0.6 is 11.6 Å². The topological polar surface area (TPSA) is 66.7 Å². The molecule has 0 saturated carbocycles. The van der Waals surface area contributed by atoms with E-state index in [4.69, 9.17) is 16.3 Å². The lowest BCUT2D eigenvalue weighted by atomic mass is 10.00. The van der Waals surface area contributed by atoms with E-state index in [1.54, 1.807) is 18.3 Å². The first-order chi connectivity index (χ1) is 20.8. The van der Waals surface area contributed by atoms with Crippen LogP contribution in [0, 0.1) is 0 Å². The smallest absolute Gasteiger partial charge is 0.433 e. The molecule has 15 heteroatoms. The molecule has 0 N–H and O–H groups in total. The molecule has 2 saturated heterocycles. The highest BCUT2D eigenvalue weighted by molar-refractivity contribution is 6.31. The van der Waals surface area contributed by atoms with Crippen LogP contribution in [0.5, 0.6) is 0 Å². The largest absolute Gasteiger partial charge is 0.462 e. The maximum Gasteiger partial charge on any atom is 0.433 e. The maximum absolute atomic E-state index is 14.2. The number of nitrogens with zero attached hydrogens (tertiary/aromatic N) is 6. The van der Waals surface area contributed by atoms with Crippen molar-refractivity contribution in [3.63, 3.8) is 0 Å². The van der Waals surface area contributed by atoms with E-state index < -0.39 is 42.2 Å². The minimum atomic E-state index is -4.82. The fourth-order valence-corrected chi connectivity index (χ4v) is 5.95. The van der Waals surface area contributed by atoms with Crippen LogP contribution in [-0.4, -0.2) is 84.2 Å². The predicted molar refractivity (Wildman–Crippen MR) is 153 cm³/mol. The summed E-state index contributed by atoms with van der Waals surface area (Å²) in [5.74, 6) is -0.431. The molecule has 3 aromatic rings. The van der Waals surface area contributed by atoms with Crippen LogP contribution in [0.1, 0.15) is 41.9 Å². The molecule has 0 spiro atoms. The maximum atomic E-state index is 14.2. The van der Waals surface area contributed by atoms with Gasteiger partial charge in [-0.1, -0.05) is 17.7 Å². The van der Waals surface area contributed by atoms with Gasteiger partial charge in [0.25, 0.3) is 0 Å². The van der Waals surface area contributed by atoms with Crippen molar-refractivity contribution in [3.8, 4) is 11.1 Å². The quantitative estimate of drug-likeness (QED) is 0.220. The number of carbonyl (C=O) groups is 1. The standard InChI is InChI=1S/C29H31ClF6N6O2/c1-2-44-27(43)23-16-38-42(26(23)29(34,35)36)21-4-3-9-41(17-21)24-14-20(30)6-7-22(24)19-5-8-25(37-15-19)40-12-10-39(11-13-40)18-28(31,32)33/h5-8,14-16,21H,2-4,9-13,17-18H2,1H3. The first-order valence-electron chi connectivity index (χ1n) is 14.2. The van der Waals surface area contributed by atoms with Crippen LogP contribution < -0.4 is 9.80 Å². The number of alkyl halides is 6. The lowest BCUT2D eigenvalue weighted by molar-refractivity contribution is -0.146. The molecule has 4 heterocycles. The minimum Gasteiger partial charge on any atom is -0.462 e. The van der Waals surface area contributed by atoms with Gasteiger partial charge in [-0.05, 0) is 44.0 Å². The number of anilines is 2. The molecule has 0 bridgehead atoms. The van der Waals surface area contributed by atoms with Gasteiger partial charge in [0, 0.05) is 67.3 Å². The molecule has 0 radical (unpaired) electrons. The van der Waals surface area contributed by atoms with Gasteiger partial charge in [0.15, 0.2) is 5.69 Å². The van der Waals surface area contributed by atoms with Gasteiger partial charge in [-0.2, -0.15) is 31.4 Å². The zero-order valence-electron chi connectivity index (χ0n) is 23.8. The number of pyridine rings is 1. The Hall–Kier alpha value is -3.52. The number of halogens is 7. The minimum absolute atomic E-state index is 0.0650. The second kappa shape index (κ2) is 12.8. The summed E-state index contributed by atoms with van der Waals surface area (Å²) < 4.78 is 86.4. The highest BCUT2D eigenvalue weighted by Gasteiger charge is 2.43. The summed E-state index contributed by atoms with van der Waals surface area (Å²) in [5.41, 5.74) is 0.482. The van der Waals surface area contributed by atoms with Gasteiger partial charge >= 0.3 is 18.3 Å². The fraction of sp³-hybridized carbons (Fsp3) is 0.483. The molecule has 2 aromatic heterocycles. The molecule has 2 fully saturated rings. The van der Waals surface area contributed by atoms with Crippen molar-refractivity contribution >= 4 is 29.1 Å². The van der Waals surface area contributed by atoms with Crippen molar-refractivity contribution < 1.29 is 35.9 Å². The van der Waals surface area contributed by atoms with Gasteiger partial charge in [0.05, 0.1) is 25.4 Å². The van der Waals surface area contributed by atoms with E-state index in [1.165, 1.54) is 11.8 Å². The van der Waals surface area contributed by atoms with Crippen LogP contribution in [0.2, 0.25) is 5.02 Å². The lowest BCUT2D eigenvalue weighted by Crippen LogP contribution is -2.49. The molecule has 1 aromatic carbocycles. The van der Waals surface area contributed by atoms with Crippen LogP contribution in [0.4, 0.5) is 37.8 Å². The molecule has 238 valence electrons. The average molecular weight is 645 g/mol. The number of piperazine rings is 1. The molecule has 0 aliphatic carbocycles. The molecule has 1 atom stereocenters. The Labute approximate surface area is 255 Å². The summed E-state index contributed by atoms with van der Waals surface area (Å²) in [4.78, 5) is 22.1. The van der Waals surface area contributed by atoms with E-state index >= 15 is 0 Å². The van der Waals surface area contributed by atoms with E-state index in [0.29, 0.717) is 49.0 Å². The normalized spacial score (nSPS) is 18.5. The number of carbonyl (C=O) groups excluding carboxylic acids is 1. The Balaban J connectivity index is 1.36. The number of hydrogen-bond donors (Lipinski definition) is 0. The van der Waals surface area contributed by atoms with E-state index in [9.17, 15) is 31.1 Å². The molecule has 2 aliphatic heterocycles. The third-order valence-corrected chi connectivity index (χ3v) is 8.00. The van der Waals surface area contributed by atoms with Crippen molar-refractivity contribution in [2.24, 2.45) is 0 Å². The van der Waals surface area contributed by atoms with E-state index in [-0.39, 0.29) is 26.2 Å². The van der Waals surface area contributed by atoms with Crippen molar-refractivity contribution in [2.45, 2.75) is 38.2 Å². The fourth-order valence-electron chi connectivity index (χ4n) is 5.78.